The second-order valence-electron chi connectivity index (χ2n) is 4.93. The van der Waals surface area contributed by atoms with Gasteiger partial charge in [-0.3, -0.25) is 9.59 Å². The van der Waals surface area contributed by atoms with Crippen LogP contribution in [0.15, 0.2) is 27.4 Å². The number of imide groups is 1. The molecule has 0 atom stereocenters. The molecule has 124 valence electrons. The molecule has 0 spiro atoms. The van der Waals surface area contributed by atoms with Gasteiger partial charge in [-0.25, -0.2) is 9.59 Å². The van der Waals surface area contributed by atoms with Gasteiger partial charge in [0, 0.05) is 24.3 Å². The van der Waals surface area contributed by atoms with Crippen molar-refractivity contribution in [3.8, 4) is 5.75 Å². The summed E-state index contributed by atoms with van der Waals surface area (Å²) in [4.78, 5) is 51.7. The highest BCUT2D eigenvalue weighted by atomic mass is 35.5. The van der Waals surface area contributed by atoms with Gasteiger partial charge in [-0.05, 0) is 12.1 Å². The fourth-order valence-electron chi connectivity index (χ4n) is 2.21. The Bertz CT molecular complexity index is 917. The number of ether oxygens (including phenoxy) is 1. The second kappa shape index (κ2) is 5.97. The Balaban J connectivity index is 1.98. The number of rotatable bonds is 3. The third-order valence-corrected chi connectivity index (χ3v) is 3.70. The summed E-state index contributed by atoms with van der Waals surface area (Å²) < 4.78 is 10.1. The molecule has 8 nitrogen and oxygen atoms in total. The van der Waals surface area contributed by atoms with Crippen molar-refractivity contribution < 1.29 is 28.4 Å². The van der Waals surface area contributed by atoms with Gasteiger partial charge in [0.05, 0.1) is 12.1 Å². The van der Waals surface area contributed by atoms with Crippen LogP contribution in [-0.2, 0) is 14.4 Å². The van der Waals surface area contributed by atoms with E-state index in [1.54, 1.807) is 0 Å². The van der Waals surface area contributed by atoms with E-state index in [4.69, 9.17) is 25.6 Å². The molecular weight excluding hydrogens is 342 g/mol. The molecule has 2 amide bonds. The summed E-state index contributed by atoms with van der Waals surface area (Å²) >= 11 is 5.99. The van der Waals surface area contributed by atoms with Crippen molar-refractivity contribution in [3.63, 3.8) is 0 Å². The van der Waals surface area contributed by atoms with Crippen LogP contribution in [-0.4, -0.2) is 30.0 Å². The average Bonchev–Trinajstić information content (AvgIpc) is 2.86. The fraction of sp³-hybridized carbons (Fsp3) is 0.200. The normalized spacial score (nSPS) is 14.3. The molecule has 0 bridgehead atoms. The molecule has 1 aromatic heterocycles. The molecule has 24 heavy (non-hydrogen) atoms. The Morgan fingerprint density at radius 3 is 2.46 bits per heavy atom. The number of hydroxylamine groups is 2. The van der Waals surface area contributed by atoms with E-state index in [1.807, 2.05) is 0 Å². The minimum atomic E-state index is -1.17. The maximum absolute atomic E-state index is 12.1. The molecule has 2 aromatic rings. The number of hydrogen-bond acceptors (Lipinski definition) is 7. The molecule has 1 aliphatic rings. The van der Waals surface area contributed by atoms with Crippen LogP contribution >= 0.6 is 11.6 Å². The summed E-state index contributed by atoms with van der Waals surface area (Å²) in [6, 6.07) is 4.06. The SMILES string of the molecule is COc1cc2oc(=O)c(C(=O)ON3C(=O)CCC3=O)cc2cc1Cl. The van der Waals surface area contributed by atoms with Crippen LogP contribution in [0.1, 0.15) is 23.2 Å². The highest BCUT2D eigenvalue weighted by Gasteiger charge is 2.34. The van der Waals surface area contributed by atoms with Crippen molar-refractivity contribution in [1.29, 1.82) is 0 Å². The molecule has 3 rings (SSSR count). The quantitative estimate of drug-likeness (QED) is 0.612. The Hall–Kier alpha value is -2.87. The largest absolute Gasteiger partial charge is 0.495 e. The summed E-state index contributed by atoms with van der Waals surface area (Å²) in [7, 11) is 1.40. The molecule has 0 unspecified atom stereocenters. The minimum Gasteiger partial charge on any atom is -0.495 e. The van der Waals surface area contributed by atoms with Gasteiger partial charge in [-0.1, -0.05) is 11.6 Å². The number of methoxy groups -OCH3 is 1. The van der Waals surface area contributed by atoms with Gasteiger partial charge in [0.1, 0.15) is 16.9 Å². The molecule has 0 N–H and O–H groups in total. The lowest BCUT2D eigenvalue weighted by Gasteiger charge is -2.12. The van der Waals surface area contributed by atoms with E-state index in [0.29, 0.717) is 16.2 Å². The van der Waals surface area contributed by atoms with Crippen molar-refractivity contribution in [2.45, 2.75) is 12.8 Å². The number of carbonyl (C=O) groups is 3. The zero-order chi connectivity index (χ0) is 17.4. The summed E-state index contributed by atoms with van der Waals surface area (Å²) in [5.41, 5.74) is -1.28. The number of amides is 2. The summed E-state index contributed by atoms with van der Waals surface area (Å²) in [5.74, 6) is -2.16. The van der Waals surface area contributed by atoms with Gasteiger partial charge < -0.3 is 14.0 Å². The van der Waals surface area contributed by atoms with Crippen molar-refractivity contribution in [3.05, 3.63) is 39.2 Å². The molecule has 1 fully saturated rings. The Kier molecular flexibility index (Phi) is 3.98. The first-order valence-corrected chi connectivity index (χ1v) is 7.18. The van der Waals surface area contributed by atoms with Gasteiger partial charge in [0.25, 0.3) is 11.8 Å². The van der Waals surface area contributed by atoms with Crippen molar-refractivity contribution in [1.82, 2.24) is 5.06 Å². The maximum atomic E-state index is 12.1. The van der Waals surface area contributed by atoms with Gasteiger partial charge >= 0.3 is 11.6 Å². The van der Waals surface area contributed by atoms with Crippen LogP contribution in [0.3, 0.4) is 0 Å². The summed E-state index contributed by atoms with van der Waals surface area (Å²) in [5, 5.41) is 0.960. The Labute approximate surface area is 139 Å². The first kappa shape index (κ1) is 16.0. The van der Waals surface area contributed by atoms with E-state index in [9.17, 15) is 19.2 Å². The molecule has 9 heteroatoms. The van der Waals surface area contributed by atoms with Crippen LogP contribution < -0.4 is 10.4 Å². The van der Waals surface area contributed by atoms with Gasteiger partial charge in [0.15, 0.2) is 0 Å². The average molecular weight is 352 g/mol. The lowest BCUT2D eigenvalue weighted by Crippen LogP contribution is -2.33. The first-order valence-electron chi connectivity index (χ1n) is 6.80. The zero-order valence-electron chi connectivity index (χ0n) is 12.3. The fourth-order valence-corrected chi connectivity index (χ4v) is 2.46. The molecule has 2 heterocycles. The van der Waals surface area contributed by atoms with E-state index in [-0.39, 0.29) is 23.4 Å². The van der Waals surface area contributed by atoms with Gasteiger partial charge in [-0.15, -0.1) is 5.06 Å². The van der Waals surface area contributed by atoms with E-state index in [0.717, 1.165) is 0 Å². The third-order valence-electron chi connectivity index (χ3n) is 3.41. The molecular formula is C15H10ClNO7. The molecule has 0 radical (unpaired) electrons. The second-order valence-corrected chi connectivity index (χ2v) is 5.34. The number of nitrogens with zero attached hydrogens (tertiary/aromatic N) is 1. The highest BCUT2D eigenvalue weighted by Crippen LogP contribution is 2.29. The van der Waals surface area contributed by atoms with Crippen LogP contribution in [0.25, 0.3) is 11.0 Å². The Morgan fingerprint density at radius 2 is 1.83 bits per heavy atom. The molecule has 1 saturated heterocycles. The molecule has 0 saturated carbocycles. The van der Waals surface area contributed by atoms with E-state index >= 15 is 0 Å². The van der Waals surface area contributed by atoms with Crippen LogP contribution in [0, 0.1) is 0 Å². The number of fused-ring (bicyclic) bond motifs is 1. The van der Waals surface area contributed by atoms with E-state index < -0.39 is 29.0 Å². The van der Waals surface area contributed by atoms with E-state index in [1.165, 1.54) is 25.3 Å². The van der Waals surface area contributed by atoms with E-state index in [2.05, 4.69) is 0 Å². The van der Waals surface area contributed by atoms with Crippen LogP contribution in [0.2, 0.25) is 5.02 Å². The number of halogens is 1. The topological polar surface area (TPSA) is 103 Å². The molecule has 1 aromatic carbocycles. The molecule has 1 aliphatic heterocycles. The number of benzene rings is 1. The van der Waals surface area contributed by atoms with Gasteiger partial charge in [-0.2, -0.15) is 0 Å². The predicted octanol–water partition coefficient (Wildman–Crippen LogP) is 1.68. The summed E-state index contributed by atoms with van der Waals surface area (Å²) in [6.07, 6.45) is -0.0955. The highest BCUT2D eigenvalue weighted by molar-refractivity contribution is 6.32. The summed E-state index contributed by atoms with van der Waals surface area (Å²) in [6.45, 7) is 0. The maximum Gasteiger partial charge on any atom is 0.371 e. The first-order chi connectivity index (χ1) is 11.4. The standard InChI is InChI=1S/C15H10ClNO7/c1-22-11-6-10-7(5-9(11)16)4-8(14(20)23-10)15(21)24-17-12(18)2-3-13(17)19/h4-6H,2-3H2,1H3. The number of carbonyl (C=O) groups excluding carboxylic acids is 3. The van der Waals surface area contributed by atoms with Crippen LogP contribution in [0.4, 0.5) is 0 Å². The minimum absolute atomic E-state index is 0.0478. The smallest absolute Gasteiger partial charge is 0.371 e. The lowest BCUT2D eigenvalue weighted by molar-refractivity contribution is -0.172. The number of hydrogen-bond donors (Lipinski definition) is 0. The van der Waals surface area contributed by atoms with Crippen LogP contribution in [0.5, 0.6) is 5.75 Å². The van der Waals surface area contributed by atoms with Gasteiger partial charge in [0.2, 0.25) is 0 Å². The predicted molar refractivity (Wildman–Crippen MR) is 80.5 cm³/mol. The monoisotopic (exact) mass is 351 g/mol. The van der Waals surface area contributed by atoms with Crippen molar-refractivity contribution in [2.75, 3.05) is 7.11 Å². The van der Waals surface area contributed by atoms with Crippen molar-refractivity contribution in [2.24, 2.45) is 0 Å². The lowest BCUT2D eigenvalue weighted by atomic mass is 10.2. The molecule has 0 aliphatic carbocycles. The Morgan fingerprint density at radius 1 is 1.17 bits per heavy atom. The third kappa shape index (κ3) is 2.71. The van der Waals surface area contributed by atoms with Crippen molar-refractivity contribution >= 4 is 40.4 Å². The zero-order valence-corrected chi connectivity index (χ0v) is 13.1.